The van der Waals surface area contributed by atoms with Crippen LogP contribution in [0.5, 0.6) is 0 Å². The van der Waals surface area contributed by atoms with Crippen molar-refractivity contribution in [2.24, 2.45) is 0 Å². The van der Waals surface area contributed by atoms with E-state index in [2.05, 4.69) is 16.0 Å². The Morgan fingerprint density at radius 3 is 2.48 bits per heavy atom. The van der Waals surface area contributed by atoms with E-state index < -0.39 is 35.0 Å². The lowest BCUT2D eigenvalue weighted by Crippen LogP contribution is -2.48. The van der Waals surface area contributed by atoms with Crippen molar-refractivity contribution < 1.29 is 19.3 Å². The molecular weight excluding hydrogens is 402 g/mol. The molecule has 0 saturated carbocycles. The van der Waals surface area contributed by atoms with E-state index in [9.17, 15) is 24.5 Å². The summed E-state index contributed by atoms with van der Waals surface area (Å²) in [7, 11) is 0. The molecule has 2 atom stereocenters. The summed E-state index contributed by atoms with van der Waals surface area (Å²) in [5, 5.41) is 19.3. The molecule has 0 spiro atoms. The molecule has 3 rings (SSSR count). The molecule has 162 valence electrons. The summed E-state index contributed by atoms with van der Waals surface area (Å²) in [6.45, 7) is 4.13. The molecule has 0 bridgehead atoms. The Morgan fingerprint density at radius 2 is 1.81 bits per heavy atom. The van der Waals surface area contributed by atoms with Gasteiger partial charge in [0.25, 0.3) is 11.6 Å². The summed E-state index contributed by atoms with van der Waals surface area (Å²) in [6, 6.07) is 9.59. The number of urea groups is 2. The molecule has 1 aliphatic heterocycles. The number of carbonyl (C=O) groups is 3. The molecule has 0 aromatic heterocycles. The fraction of sp³-hybridized carbons (Fsp3) is 0.286. The average Bonchev–Trinajstić information content (AvgIpc) is 3.05. The predicted octanol–water partition coefficient (Wildman–Crippen LogP) is 2.88. The SMILES string of the molecule is CCNC(=O)NC(c1cccc([N+](=O)[O-])c1)C1c2ccccc2C(=O)N1C(=O)NCC. The van der Waals surface area contributed by atoms with E-state index in [0.29, 0.717) is 29.8 Å². The van der Waals surface area contributed by atoms with Crippen molar-refractivity contribution in [1.29, 1.82) is 0 Å². The lowest BCUT2D eigenvalue weighted by molar-refractivity contribution is -0.384. The van der Waals surface area contributed by atoms with Gasteiger partial charge in [0.15, 0.2) is 0 Å². The van der Waals surface area contributed by atoms with Crippen LogP contribution >= 0.6 is 0 Å². The van der Waals surface area contributed by atoms with E-state index in [1.807, 2.05) is 0 Å². The third-order valence-corrected chi connectivity index (χ3v) is 4.93. The molecule has 10 nitrogen and oxygen atoms in total. The number of nitrogens with one attached hydrogen (secondary N) is 3. The van der Waals surface area contributed by atoms with Crippen molar-refractivity contribution >= 4 is 23.7 Å². The van der Waals surface area contributed by atoms with Gasteiger partial charge in [-0.05, 0) is 31.0 Å². The van der Waals surface area contributed by atoms with Gasteiger partial charge in [-0.2, -0.15) is 0 Å². The molecule has 5 amide bonds. The molecule has 31 heavy (non-hydrogen) atoms. The van der Waals surface area contributed by atoms with E-state index in [4.69, 9.17) is 0 Å². The van der Waals surface area contributed by atoms with Crippen molar-refractivity contribution in [3.63, 3.8) is 0 Å². The number of non-ortho nitro benzene ring substituents is 1. The molecule has 2 aromatic carbocycles. The van der Waals surface area contributed by atoms with Gasteiger partial charge >= 0.3 is 12.1 Å². The third kappa shape index (κ3) is 4.32. The topological polar surface area (TPSA) is 134 Å². The highest BCUT2D eigenvalue weighted by atomic mass is 16.6. The zero-order chi connectivity index (χ0) is 22.5. The number of nitro groups is 1. The van der Waals surface area contributed by atoms with Gasteiger partial charge < -0.3 is 16.0 Å². The molecule has 10 heteroatoms. The van der Waals surface area contributed by atoms with Crippen LogP contribution in [0.4, 0.5) is 15.3 Å². The van der Waals surface area contributed by atoms with Crippen LogP contribution in [0.3, 0.4) is 0 Å². The van der Waals surface area contributed by atoms with Gasteiger partial charge in [0, 0.05) is 30.8 Å². The second-order valence-corrected chi connectivity index (χ2v) is 6.88. The van der Waals surface area contributed by atoms with Crippen LogP contribution in [-0.4, -0.2) is 40.9 Å². The zero-order valence-corrected chi connectivity index (χ0v) is 17.1. The third-order valence-electron chi connectivity index (χ3n) is 4.93. The van der Waals surface area contributed by atoms with Gasteiger partial charge in [0.2, 0.25) is 0 Å². The lowest BCUT2D eigenvalue weighted by Gasteiger charge is -2.32. The highest BCUT2D eigenvalue weighted by Crippen LogP contribution is 2.42. The first-order valence-corrected chi connectivity index (χ1v) is 9.88. The van der Waals surface area contributed by atoms with E-state index >= 15 is 0 Å². The second-order valence-electron chi connectivity index (χ2n) is 6.88. The normalized spacial score (nSPS) is 15.7. The van der Waals surface area contributed by atoms with Gasteiger partial charge in [0.05, 0.1) is 17.0 Å². The van der Waals surface area contributed by atoms with Gasteiger partial charge in [-0.3, -0.25) is 19.8 Å². The van der Waals surface area contributed by atoms with Crippen molar-refractivity contribution in [3.8, 4) is 0 Å². The first kappa shape index (κ1) is 21.8. The maximum atomic E-state index is 13.1. The minimum Gasteiger partial charge on any atom is -0.338 e. The van der Waals surface area contributed by atoms with Crippen molar-refractivity contribution in [3.05, 3.63) is 75.3 Å². The maximum absolute atomic E-state index is 13.1. The minimum absolute atomic E-state index is 0.164. The largest absolute Gasteiger partial charge is 0.338 e. The molecule has 3 N–H and O–H groups in total. The number of benzene rings is 2. The molecule has 1 aliphatic rings. The highest BCUT2D eigenvalue weighted by molar-refractivity contribution is 6.08. The van der Waals surface area contributed by atoms with Crippen molar-refractivity contribution in [1.82, 2.24) is 20.9 Å². The number of imide groups is 1. The van der Waals surface area contributed by atoms with Gasteiger partial charge in [-0.25, -0.2) is 9.59 Å². The van der Waals surface area contributed by atoms with E-state index in [0.717, 1.165) is 4.90 Å². The minimum atomic E-state index is -0.915. The van der Waals surface area contributed by atoms with Gasteiger partial charge in [0.1, 0.15) is 0 Å². The fourth-order valence-electron chi connectivity index (χ4n) is 3.66. The fourth-order valence-corrected chi connectivity index (χ4v) is 3.66. The highest BCUT2D eigenvalue weighted by Gasteiger charge is 2.45. The maximum Gasteiger partial charge on any atom is 0.325 e. The number of hydrogen-bond acceptors (Lipinski definition) is 5. The van der Waals surface area contributed by atoms with Crippen LogP contribution in [-0.2, 0) is 0 Å². The van der Waals surface area contributed by atoms with Crippen LogP contribution in [0.2, 0.25) is 0 Å². The molecule has 0 aliphatic carbocycles. The van der Waals surface area contributed by atoms with Crippen LogP contribution in [0.15, 0.2) is 48.5 Å². The lowest BCUT2D eigenvalue weighted by atomic mass is 9.92. The second kappa shape index (κ2) is 9.24. The molecule has 0 fully saturated rings. The van der Waals surface area contributed by atoms with E-state index in [-0.39, 0.29) is 5.69 Å². The smallest absolute Gasteiger partial charge is 0.325 e. The molecule has 2 aromatic rings. The van der Waals surface area contributed by atoms with Gasteiger partial charge in [-0.1, -0.05) is 30.3 Å². The van der Waals surface area contributed by atoms with Crippen LogP contribution in [0.1, 0.15) is 47.4 Å². The molecule has 0 radical (unpaired) electrons. The number of amides is 5. The molecular formula is C21H23N5O5. The quantitative estimate of drug-likeness (QED) is 0.483. The summed E-state index contributed by atoms with van der Waals surface area (Å²) >= 11 is 0. The van der Waals surface area contributed by atoms with Crippen LogP contribution < -0.4 is 16.0 Å². The number of nitro benzene ring substituents is 1. The summed E-state index contributed by atoms with van der Waals surface area (Å²) < 4.78 is 0. The van der Waals surface area contributed by atoms with E-state index in [1.54, 1.807) is 44.2 Å². The molecule has 0 saturated heterocycles. The number of carbonyl (C=O) groups excluding carboxylic acids is 3. The Balaban J connectivity index is 2.15. The summed E-state index contributed by atoms with van der Waals surface area (Å²) in [6.07, 6.45) is 0. The summed E-state index contributed by atoms with van der Waals surface area (Å²) in [5.74, 6) is -0.500. The number of fused-ring (bicyclic) bond motifs is 1. The standard InChI is InChI=1S/C21H23N5O5/c1-3-22-20(28)24-17(13-8-7-9-14(12-13)26(30)31)18-15-10-5-6-11-16(15)19(27)25(18)21(29)23-4-2/h5-12,17-18H,3-4H2,1-2H3,(H,23,29)(H2,22,24,28). The Kier molecular flexibility index (Phi) is 6.49. The first-order valence-electron chi connectivity index (χ1n) is 9.88. The van der Waals surface area contributed by atoms with Crippen molar-refractivity contribution in [2.45, 2.75) is 25.9 Å². The monoisotopic (exact) mass is 425 g/mol. The number of hydrogen-bond donors (Lipinski definition) is 3. The van der Waals surface area contributed by atoms with Gasteiger partial charge in [-0.15, -0.1) is 0 Å². The van der Waals surface area contributed by atoms with Crippen LogP contribution in [0.25, 0.3) is 0 Å². The first-order chi connectivity index (χ1) is 14.9. The summed E-state index contributed by atoms with van der Waals surface area (Å²) in [5.41, 5.74) is 1.12. The zero-order valence-electron chi connectivity index (χ0n) is 17.1. The Hall–Kier alpha value is -3.95. The van der Waals surface area contributed by atoms with Crippen molar-refractivity contribution in [2.75, 3.05) is 13.1 Å². The predicted molar refractivity (Wildman–Crippen MR) is 112 cm³/mol. The number of nitrogens with zero attached hydrogens (tertiary/aromatic N) is 2. The van der Waals surface area contributed by atoms with E-state index in [1.165, 1.54) is 18.2 Å². The Bertz CT molecular complexity index is 1020. The molecule has 2 unspecified atom stereocenters. The number of rotatable bonds is 6. The average molecular weight is 425 g/mol. The molecule has 1 heterocycles. The van der Waals surface area contributed by atoms with Crippen LogP contribution in [0, 0.1) is 10.1 Å². The Morgan fingerprint density at radius 1 is 1.10 bits per heavy atom. The summed E-state index contributed by atoms with van der Waals surface area (Å²) in [4.78, 5) is 50.2. The Labute approximate surface area is 178 Å².